The Balaban J connectivity index is 1.34. The van der Waals surface area contributed by atoms with E-state index in [-0.39, 0.29) is 30.8 Å². The predicted octanol–water partition coefficient (Wildman–Crippen LogP) is 2.23. The lowest BCUT2D eigenvalue weighted by Gasteiger charge is -2.23. The fraction of sp³-hybridized carbons (Fsp3) is 0.300. The lowest BCUT2D eigenvalue weighted by atomic mass is 10.0. The maximum absolute atomic E-state index is 14.4. The number of carbonyl (C=O) groups is 7. The molecule has 2 bridgehead atoms. The van der Waals surface area contributed by atoms with E-state index in [0.717, 1.165) is 48.1 Å². The second kappa shape index (κ2) is 18.5. The van der Waals surface area contributed by atoms with Crippen LogP contribution in [0, 0.1) is 0 Å². The lowest BCUT2D eigenvalue weighted by Crippen LogP contribution is -2.56. The number of H-pyrrole nitrogens is 2. The number of aromatic amines is 2. The van der Waals surface area contributed by atoms with Crippen LogP contribution in [0.25, 0.3) is 21.8 Å². The van der Waals surface area contributed by atoms with E-state index >= 15 is 0 Å². The van der Waals surface area contributed by atoms with Gasteiger partial charge >= 0.3 is 0 Å². The molecule has 4 heterocycles. The van der Waals surface area contributed by atoms with Gasteiger partial charge in [0.15, 0.2) is 0 Å². The summed E-state index contributed by atoms with van der Waals surface area (Å²) >= 11 is 4.70. The van der Waals surface area contributed by atoms with Crippen molar-refractivity contribution >= 4 is 90.4 Å². The Morgan fingerprint density at radius 3 is 2.25 bits per heavy atom. The van der Waals surface area contributed by atoms with Crippen molar-refractivity contribution in [1.82, 2.24) is 51.8 Å². The maximum Gasteiger partial charge on any atom is 0.271 e. The molecule has 308 valence electrons. The van der Waals surface area contributed by atoms with Crippen LogP contribution in [0.1, 0.15) is 53.4 Å². The lowest BCUT2D eigenvalue weighted by molar-refractivity contribution is -0.133. The molecule has 0 saturated carbocycles. The molecule has 0 aliphatic carbocycles. The fourth-order valence-corrected chi connectivity index (χ4v) is 8.03. The first kappa shape index (κ1) is 42.3. The number of fused-ring (bicyclic) bond motifs is 4. The summed E-state index contributed by atoms with van der Waals surface area (Å²) in [5, 5.41) is 19.5. The van der Waals surface area contributed by atoms with Gasteiger partial charge in [0.2, 0.25) is 29.5 Å². The van der Waals surface area contributed by atoms with E-state index in [1.54, 1.807) is 19.3 Å². The Morgan fingerprint density at radius 2 is 1.47 bits per heavy atom. The number of nitrogens with one attached hydrogen (secondary N) is 8. The van der Waals surface area contributed by atoms with E-state index < -0.39 is 72.1 Å². The van der Waals surface area contributed by atoms with Gasteiger partial charge in [-0.15, -0.1) is 11.3 Å². The summed E-state index contributed by atoms with van der Waals surface area (Å²) in [5.74, 6) is -4.68. The maximum atomic E-state index is 14.4. The number of para-hydroxylation sites is 1. The number of nitrogens with zero attached hydrogens (tertiary/aromatic N) is 2. The number of hydrogen-bond acceptors (Lipinski definition) is 9. The smallest absolute Gasteiger partial charge is 0.271 e. The van der Waals surface area contributed by atoms with Crippen molar-refractivity contribution in [1.29, 1.82) is 0 Å². The van der Waals surface area contributed by atoms with Crippen molar-refractivity contribution in [2.24, 2.45) is 0 Å². The van der Waals surface area contributed by atoms with E-state index in [1.165, 1.54) is 32.4 Å². The van der Waals surface area contributed by atoms with Gasteiger partial charge in [0.05, 0.1) is 19.1 Å². The van der Waals surface area contributed by atoms with E-state index in [1.807, 2.05) is 42.5 Å². The molecule has 0 saturated heterocycles. The molecule has 0 unspecified atom stereocenters. The highest BCUT2D eigenvalue weighted by molar-refractivity contribution is 9.10. The van der Waals surface area contributed by atoms with Crippen LogP contribution in [0.5, 0.6) is 0 Å². The van der Waals surface area contributed by atoms with E-state index in [2.05, 4.69) is 62.8 Å². The molecule has 3 aromatic heterocycles. The molecular weight excluding hydrogens is 844 g/mol. The van der Waals surface area contributed by atoms with Gasteiger partial charge in [-0.05, 0) is 50.1 Å². The number of thiazole rings is 1. The van der Waals surface area contributed by atoms with Gasteiger partial charge in [-0.2, -0.15) is 0 Å². The summed E-state index contributed by atoms with van der Waals surface area (Å²) in [7, 11) is 1.39. The van der Waals surface area contributed by atoms with Crippen LogP contribution < -0.4 is 31.9 Å². The zero-order valence-corrected chi connectivity index (χ0v) is 34.9. The van der Waals surface area contributed by atoms with Gasteiger partial charge in [-0.25, -0.2) is 4.98 Å². The first-order chi connectivity index (χ1) is 28.2. The van der Waals surface area contributed by atoms with Crippen LogP contribution >= 0.6 is 27.3 Å². The summed E-state index contributed by atoms with van der Waals surface area (Å²) in [6.07, 6.45) is 4.86. The first-order valence-corrected chi connectivity index (χ1v) is 20.3. The Bertz CT molecular complexity index is 2470. The van der Waals surface area contributed by atoms with Crippen molar-refractivity contribution in [3.05, 3.63) is 98.3 Å². The van der Waals surface area contributed by atoms with Crippen LogP contribution in [0.4, 0.5) is 0 Å². The van der Waals surface area contributed by atoms with Crippen LogP contribution in [-0.2, 0) is 41.6 Å². The van der Waals surface area contributed by atoms with Gasteiger partial charge in [-0.1, -0.05) is 46.3 Å². The van der Waals surface area contributed by atoms with Crippen LogP contribution in [0.3, 0.4) is 0 Å². The third kappa shape index (κ3) is 10.0. The SMILES string of the molecule is C/C=C1\NC(=O)[C@@H](C)NC(=O)CNC(=O)[C@H](Cc2c[nH]c3cccc(Br)c23)NC(=O)[C@H](Cc2c[nH]c3ccccc23)NC(=O)c2csc(n2)[C@@H](C)NC(=O)CN(C)C1=O. The van der Waals surface area contributed by atoms with Gasteiger partial charge in [0, 0.05) is 63.9 Å². The van der Waals surface area contributed by atoms with E-state index in [0.29, 0.717) is 10.6 Å². The number of hydrogen-bond donors (Lipinski definition) is 8. The molecule has 7 amide bonds. The summed E-state index contributed by atoms with van der Waals surface area (Å²) in [6, 6.07) is 8.79. The van der Waals surface area contributed by atoms with Gasteiger partial charge in [0.1, 0.15) is 34.5 Å². The molecule has 1 aliphatic rings. The minimum absolute atomic E-state index is 0.00350. The number of rotatable bonds is 4. The summed E-state index contributed by atoms with van der Waals surface area (Å²) in [6.45, 7) is 3.67. The highest BCUT2D eigenvalue weighted by Crippen LogP contribution is 2.28. The predicted molar refractivity (Wildman–Crippen MR) is 224 cm³/mol. The number of amides is 7. The molecule has 59 heavy (non-hydrogen) atoms. The summed E-state index contributed by atoms with van der Waals surface area (Å²) in [4.78, 5) is 106. The molecule has 0 fully saturated rings. The van der Waals surface area contributed by atoms with Crippen LogP contribution in [0.2, 0.25) is 0 Å². The molecule has 1 aliphatic heterocycles. The van der Waals surface area contributed by atoms with Gasteiger partial charge < -0.3 is 46.8 Å². The molecule has 4 atom stereocenters. The summed E-state index contributed by atoms with van der Waals surface area (Å²) in [5.41, 5.74) is 2.90. The van der Waals surface area contributed by atoms with Crippen LogP contribution in [0.15, 0.2) is 76.5 Å². The molecule has 5 aromatic rings. The molecule has 19 heteroatoms. The monoisotopic (exact) mass is 886 g/mol. The topological polar surface area (TPSA) is 239 Å². The Labute approximate surface area is 350 Å². The van der Waals surface area contributed by atoms with Gasteiger partial charge in [-0.3, -0.25) is 33.6 Å². The molecule has 6 rings (SSSR count). The number of allylic oxidation sites excluding steroid dienone is 1. The molecule has 0 spiro atoms. The Hall–Kier alpha value is -6.34. The minimum atomic E-state index is -1.24. The first-order valence-electron chi connectivity index (χ1n) is 18.7. The molecule has 8 N–H and O–H groups in total. The standard InChI is InChI=1S/C40H43BrN10O7S/c1-5-26-40(58)51(4)18-33(53)46-21(3)39-50-31(19-59-39)38(57)49-30(13-22-15-42-27-11-7-6-9-24(22)27)37(56)48-29(14-23-16-43-28-12-8-10-25(41)34(23)28)36(55)44-17-32(52)45-20(2)35(54)47-26/h5-12,15-16,19-21,29-30,42-43H,13-14,17-18H2,1-4H3,(H,44,55)(H,45,52)(H,46,53)(H,47,54)(H,48,56)(H,49,57)/b26-5-/t20-,21-,29+,30+/m1/s1. The third-order valence-electron chi connectivity index (χ3n) is 9.72. The van der Waals surface area contributed by atoms with Crippen molar-refractivity contribution in [2.45, 2.75) is 57.8 Å². The van der Waals surface area contributed by atoms with Gasteiger partial charge in [0.25, 0.3) is 11.8 Å². The molecule has 2 aromatic carbocycles. The number of carbonyl (C=O) groups excluding carboxylic acids is 7. The normalized spacial score (nSPS) is 21.7. The summed E-state index contributed by atoms with van der Waals surface area (Å²) < 4.78 is 0.754. The van der Waals surface area contributed by atoms with Crippen molar-refractivity contribution in [2.75, 3.05) is 20.1 Å². The van der Waals surface area contributed by atoms with E-state index in [4.69, 9.17) is 0 Å². The molecule has 17 nitrogen and oxygen atoms in total. The van der Waals surface area contributed by atoms with E-state index in [9.17, 15) is 33.6 Å². The van der Waals surface area contributed by atoms with Crippen molar-refractivity contribution < 1.29 is 33.6 Å². The number of aromatic nitrogens is 3. The average Bonchev–Trinajstić information content (AvgIpc) is 3.97. The largest absolute Gasteiger partial charge is 0.361 e. The zero-order valence-electron chi connectivity index (χ0n) is 32.5. The minimum Gasteiger partial charge on any atom is -0.361 e. The highest BCUT2D eigenvalue weighted by atomic mass is 79.9. The number of halogens is 1. The van der Waals surface area contributed by atoms with Crippen molar-refractivity contribution in [3.63, 3.8) is 0 Å². The highest BCUT2D eigenvalue weighted by Gasteiger charge is 2.31. The second-order valence-corrected chi connectivity index (χ2v) is 15.8. The Kier molecular flexibility index (Phi) is 13.3. The molecular formula is C40H43BrN10O7S. The van der Waals surface area contributed by atoms with Crippen molar-refractivity contribution in [3.8, 4) is 0 Å². The fourth-order valence-electron chi connectivity index (χ4n) is 6.60. The average molecular weight is 888 g/mol. The molecule has 0 radical (unpaired) electrons. The Morgan fingerprint density at radius 1 is 0.797 bits per heavy atom. The number of likely N-dealkylation sites (N-methyl/N-ethyl adjacent to an activating group) is 1. The zero-order chi connectivity index (χ0) is 42.4. The third-order valence-corrected chi connectivity index (χ3v) is 11.4. The number of benzene rings is 2. The quantitative estimate of drug-likeness (QED) is 0.124. The second-order valence-electron chi connectivity index (χ2n) is 14.1. The van der Waals surface area contributed by atoms with Crippen LogP contribution in [-0.4, -0.2) is 99.5 Å².